The number of hydrogen-bond donors (Lipinski definition) is 4. The van der Waals surface area contributed by atoms with Gasteiger partial charge in [-0.2, -0.15) is 0 Å². The van der Waals surface area contributed by atoms with Crippen molar-refractivity contribution in [2.75, 3.05) is 37.0 Å². The van der Waals surface area contributed by atoms with Crippen molar-refractivity contribution >= 4 is 29.6 Å². The monoisotopic (exact) mass is 454 g/mol. The Balaban J connectivity index is 1.53. The Hall–Kier alpha value is -3.40. The van der Waals surface area contributed by atoms with Gasteiger partial charge in [-0.1, -0.05) is 6.07 Å². The van der Waals surface area contributed by atoms with E-state index in [4.69, 9.17) is 20.2 Å². The number of carbonyl (C=O) groups excluding carboxylic acids is 2. The van der Waals surface area contributed by atoms with Crippen molar-refractivity contribution in [3.05, 3.63) is 35.7 Å². The van der Waals surface area contributed by atoms with Crippen LogP contribution in [-0.2, 0) is 9.53 Å². The summed E-state index contributed by atoms with van der Waals surface area (Å²) in [5.74, 6) is 1.35. The third kappa shape index (κ3) is 6.32. The van der Waals surface area contributed by atoms with E-state index in [9.17, 15) is 9.59 Å². The van der Waals surface area contributed by atoms with Crippen LogP contribution in [0.25, 0.3) is 0 Å². The SMILES string of the molecule is NC(=O)c1nc(C2CC2)c(NC2CCOCC2)nc1Nc1cccc(OCCCNC=O)c1. The second-order valence-electron chi connectivity index (χ2n) is 8.25. The topological polar surface area (TPSA) is 140 Å². The van der Waals surface area contributed by atoms with E-state index >= 15 is 0 Å². The number of nitrogens with zero attached hydrogens (tertiary/aromatic N) is 2. The predicted molar refractivity (Wildman–Crippen MR) is 124 cm³/mol. The van der Waals surface area contributed by atoms with E-state index in [2.05, 4.69) is 20.9 Å². The van der Waals surface area contributed by atoms with Crippen molar-refractivity contribution in [1.82, 2.24) is 15.3 Å². The molecule has 0 bridgehead atoms. The molecule has 2 aromatic rings. The molecule has 1 aromatic carbocycles. The first-order valence-corrected chi connectivity index (χ1v) is 11.4. The number of primary amides is 1. The molecule has 1 saturated heterocycles. The molecule has 1 aromatic heterocycles. The van der Waals surface area contributed by atoms with Crippen LogP contribution in [0.15, 0.2) is 24.3 Å². The van der Waals surface area contributed by atoms with Crippen LogP contribution in [0, 0.1) is 0 Å². The molecule has 2 heterocycles. The van der Waals surface area contributed by atoms with Gasteiger partial charge in [-0.15, -0.1) is 0 Å². The van der Waals surface area contributed by atoms with Crippen LogP contribution < -0.4 is 26.4 Å². The first-order chi connectivity index (χ1) is 16.1. The van der Waals surface area contributed by atoms with Gasteiger partial charge in [-0.3, -0.25) is 9.59 Å². The molecule has 176 valence electrons. The lowest BCUT2D eigenvalue weighted by molar-refractivity contribution is -0.109. The third-order valence-corrected chi connectivity index (χ3v) is 5.60. The maximum Gasteiger partial charge on any atom is 0.271 e. The molecular formula is C23H30N6O4. The van der Waals surface area contributed by atoms with Gasteiger partial charge in [0.1, 0.15) is 5.75 Å². The van der Waals surface area contributed by atoms with E-state index in [1.54, 1.807) is 0 Å². The molecule has 1 saturated carbocycles. The Labute approximate surface area is 192 Å². The minimum Gasteiger partial charge on any atom is -0.493 e. The second-order valence-corrected chi connectivity index (χ2v) is 8.25. The van der Waals surface area contributed by atoms with Crippen molar-refractivity contribution < 1.29 is 19.1 Å². The zero-order chi connectivity index (χ0) is 23.0. The van der Waals surface area contributed by atoms with Crippen molar-refractivity contribution in [2.45, 2.75) is 44.1 Å². The number of nitrogens with two attached hydrogens (primary N) is 1. The Kier molecular flexibility index (Phi) is 7.56. The highest BCUT2D eigenvalue weighted by atomic mass is 16.5. The number of nitrogens with one attached hydrogen (secondary N) is 3. The summed E-state index contributed by atoms with van der Waals surface area (Å²) in [6.45, 7) is 2.44. The Morgan fingerprint density at radius 3 is 2.73 bits per heavy atom. The minimum atomic E-state index is -0.625. The first kappa shape index (κ1) is 22.8. The average molecular weight is 455 g/mol. The van der Waals surface area contributed by atoms with Crippen LogP contribution in [0.1, 0.15) is 54.2 Å². The van der Waals surface area contributed by atoms with Gasteiger partial charge in [0.25, 0.3) is 5.91 Å². The van der Waals surface area contributed by atoms with Crippen LogP contribution >= 0.6 is 0 Å². The largest absolute Gasteiger partial charge is 0.493 e. The van der Waals surface area contributed by atoms with Gasteiger partial charge < -0.3 is 31.2 Å². The number of amides is 2. The van der Waals surface area contributed by atoms with Gasteiger partial charge in [-0.25, -0.2) is 9.97 Å². The van der Waals surface area contributed by atoms with Gasteiger partial charge >= 0.3 is 0 Å². The van der Waals surface area contributed by atoms with Crippen LogP contribution in [0.3, 0.4) is 0 Å². The smallest absolute Gasteiger partial charge is 0.271 e. The molecule has 0 radical (unpaired) electrons. The van der Waals surface area contributed by atoms with Gasteiger partial charge in [0.2, 0.25) is 6.41 Å². The Morgan fingerprint density at radius 1 is 1.18 bits per heavy atom. The average Bonchev–Trinajstić information content (AvgIpc) is 3.65. The summed E-state index contributed by atoms with van der Waals surface area (Å²) >= 11 is 0. The molecule has 2 amide bonds. The molecule has 0 unspecified atom stereocenters. The van der Waals surface area contributed by atoms with Gasteiger partial charge in [-0.05, 0) is 44.2 Å². The summed E-state index contributed by atoms with van der Waals surface area (Å²) in [6, 6.07) is 7.61. The van der Waals surface area contributed by atoms with E-state index in [1.165, 1.54) is 0 Å². The zero-order valence-corrected chi connectivity index (χ0v) is 18.5. The van der Waals surface area contributed by atoms with Crippen molar-refractivity contribution in [1.29, 1.82) is 0 Å². The summed E-state index contributed by atoms with van der Waals surface area (Å²) in [4.78, 5) is 31.9. The molecule has 2 fully saturated rings. The predicted octanol–water partition coefficient (Wildman–Crippen LogP) is 2.30. The fourth-order valence-electron chi connectivity index (χ4n) is 3.71. The number of carbonyl (C=O) groups is 2. The number of aromatic nitrogens is 2. The van der Waals surface area contributed by atoms with E-state index in [1.807, 2.05) is 24.3 Å². The first-order valence-electron chi connectivity index (χ1n) is 11.4. The maximum atomic E-state index is 12.2. The van der Waals surface area contributed by atoms with Crippen molar-refractivity contribution in [2.24, 2.45) is 5.73 Å². The van der Waals surface area contributed by atoms with Gasteiger partial charge in [0.15, 0.2) is 17.3 Å². The lowest BCUT2D eigenvalue weighted by Gasteiger charge is -2.25. The van der Waals surface area contributed by atoms with Crippen LogP contribution in [0.4, 0.5) is 17.3 Å². The normalized spacial score (nSPS) is 16.1. The number of hydrogen-bond acceptors (Lipinski definition) is 8. The summed E-state index contributed by atoms with van der Waals surface area (Å²) < 4.78 is 11.2. The van der Waals surface area contributed by atoms with Crippen molar-refractivity contribution in [3.63, 3.8) is 0 Å². The Morgan fingerprint density at radius 2 is 2.00 bits per heavy atom. The van der Waals surface area contributed by atoms with E-state index in [-0.39, 0.29) is 11.7 Å². The lowest BCUT2D eigenvalue weighted by atomic mass is 10.1. The van der Waals surface area contributed by atoms with Gasteiger partial charge in [0, 0.05) is 43.5 Å². The van der Waals surface area contributed by atoms with E-state index < -0.39 is 5.91 Å². The third-order valence-electron chi connectivity index (χ3n) is 5.60. The molecule has 10 heteroatoms. The number of rotatable bonds is 12. The Bertz CT molecular complexity index is 975. The maximum absolute atomic E-state index is 12.2. The molecule has 2 aliphatic rings. The molecule has 0 atom stereocenters. The molecule has 4 rings (SSSR count). The van der Waals surface area contributed by atoms with Gasteiger partial charge in [0.05, 0.1) is 12.3 Å². The fraction of sp³-hybridized carbons (Fsp3) is 0.478. The molecule has 1 aliphatic carbocycles. The fourth-order valence-corrected chi connectivity index (χ4v) is 3.71. The number of anilines is 3. The zero-order valence-electron chi connectivity index (χ0n) is 18.5. The molecule has 5 N–H and O–H groups in total. The molecule has 1 aliphatic heterocycles. The van der Waals surface area contributed by atoms with Crippen LogP contribution in [-0.4, -0.2) is 54.7 Å². The minimum absolute atomic E-state index is 0.126. The number of benzene rings is 1. The molecule has 10 nitrogen and oxygen atoms in total. The highest BCUT2D eigenvalue weighted by Crippen LogP contribution is 2.43. The standard InChI is InChI=1S/C23H30N6O4/c24-21(31)20-23(27-17-3-1-4-18(13-17)33-10-2-9-25-14-30)29-22(19(28-20)15-5-6-15)26-16-7-11-32-12-8-16/h1,3-4,13-16H,2,5-12H2,(H2,24,31)(H,25,30)(H2,26,27,29). The summed E-state index contributed by atoms with van der Waals surface area (Å²) in [7, 11) is 0. The van der Waals surface area contributed by atoms with E-state index in [0.29, 0.717) is 68.2 Å². The highest BCUT2D eigenvalue weighted by Gasteiger charge is 2.32. The quantitative estimate of drug-likeness (QED) is 0.283. The second kappa shape index (κ2) is 11.0. The van der Waals surface area contributed by atoms with Crippen LogP contribution in [0.5, 0.6) is 5.75 Å². The lowest BCUT2D eigenvalue weighted by Crippen LogP contribution is -2.29. The summed E-state index contributed by atoms with van der Waals surface area (Å²) in [6.07, 6.45) is 5.22. The molecular weight excluding hydrogens is 424 g/mol. The number of ether oxygens (including phenoxy) is 2. The van der Waals surface area contributed by atoms with Crippen molar-refractivity contribution in [3.8, 4) is 5.75 Å². The summed E-state index contributed by atoms with van der Waals surface area (Å²) in [5, 5.41) is 9.31. The highest BCUT2D eigenvalue weighted by molar-refractivity contribution is 5.96. The molecule has 33 heavy (non-hydrogen) atoms. The van der Waals surface area contributed by atoms with Crippen LogP contribution in [0.2, 0.25) is 0 Å². The molecule has 0 spiro atoms. The van der Waals surface area contributed by atoms with E-state index in [0.717, 1.165) is 31.4 Å². The summed E-state index contributed by atoms with van der Waals surface area (Å²) in [5.41, 5.74) is 7.29.